The monoisotopic (exact) mass is 198 g/mol. The molecule has 0 bridgehead atoms. The topological polar surface area (TPSA) is 26.3 Å². The summed E-state index contributed by atoms with van der Waals surface area (Å²) < 4.78 is 5.06. The van der Waals surface area contributed by atoms with Gasteiger partial charge in [0.1, 0.15) is 0 Å². The molecule has 0 aromatic carbocycles. The standard InChI is InChI=1S/C10H14O2S/c1-3-4-5-9-6-7-13-10(9)12-8(2)11/h6-7H,3-5H2,1-2H3. The van der Waals surface area contributed by atoms with Crippen molar-refractivity contribution < 1.29 is 9.53 Å². The van der Waals surface area contributed by atoms with E-state index in [-0.39, 0.29) is 5.97 Å². The Balaban J connectivity index is 2.60. The lowest BCUT2D eigenvalue weighted by Gasteiger charge is -2.01. The summed E-state index contributed by atoms with van der Waals surface area (Å²) in [7, 11) is 0. The zero-order valence-electron chi connectivity index (χ0n) is 8.00. The lowest BCUT2D eigenvalue weighted by Crippen LogP contribution is -2.01. The summed E-state index contributed by atoms with van der Waals surface area (Å²) in [6.07, 6.45) is 3.31. The molecule has 72 valence electrons. The fraction of sp³-hybridized carbons (Fsp3) is 0.500. The minimum absolute atomic E-state index is 0.236. The molecule has 0 aliphatic carbocycles. The molecule has 0 unspecified atom stereocenters. The average Bonchev–Trinajstić information content (AvgIpc) is 2.48. The predicted molar refractivity (Wildman–Crippen MR) is 54.2 cm³/mol. The molecule has 2 nitrogen and oxygen atoms in total. The number of esters is 1. The summed E-state index contributed by atoms with van der Waals surface area (Å²) in [6.45, 7) is 3.58. The second-order valence-corrected chi connectivity index (χ2v) is 3.81. The van der Waals surface area contributed by atoms with Crippen LogP contribution in [0.1, 0.15) is 32.3 Å². The largest absolute Gasteiger partial charge is 0.415 e. The third-order valence-corrected chi connectivity index (χ3v) is 2.57. The van der Waals surface area contributed by atoms with Crippen molar-refractivity contribution in [3.8, 4) is 5.06 Å². The minimum atomic E-state index is -0.236. The van der Waals surface area contributed by atoms with Gasteiger partial charge in [0.2, 0.25) is 0 Å². The first-order valence-electron chi connectivity index (χ1n) is 4.48. The third-order valence-electron chi connectivity index (χ3n) is 1.74. The fourth-order valence-electron chi connectivity index (χ4n) is 1.09. The molecule has 0 aliphatic heterocycles. The summed E-state index contributed by atoms with van der Waals surface area (Å²) in [6, 6.07) is 2.03. The molecule has 0 atom stereocenters. The van der Waals surface area contributed by atoms with E-state index >= 15 is 0 Å². The van der Waals surface area contributed by atoms with Crippen molar-refractivity contribution in [1.82, 2.24) is 0 Å². The zero-order valence-corrected chi connectivity index (χ0v) is 8.82. The van der Waals surface area contributed by atoms with Gasteiger partial charge in [-0.05, 0) is 24.3 Å². The summed E-state index contributed by atoms with van der Waals surface area (Å²) in [4.78, 5) is 10.7. The number of rotatable bonds is 4. The maximum absolute atomic E-state index is 10.7. The van der Waals surface area contributed by atoms with Gasteiger partial charge in [0, 0.05) is 12.5 Å². The first kappa shape index (κ1) is 10.3. The second-order valence-electron chi connectivity index (χ2n) is 2.93. The predicted octanol–water partition coefficient (Wildman–Crippen LogP) is 3.02. The lowest BCUT2D eigenvalue weighted by atomic mass is 10.1. The molecule has 0 saturated carbocycles. The van der Waals surface area contributed by atoms with Crippen LogP contribution in [0.5, 0.6) is 5.06 Å². The van der Waals surface area contributed by atoms with Crippen molar-refractivity contribution >= 4 is 17.3 Å². The molecular formula is C10H14O2S. The second kappa shape index (κ2) is 5.02. The van der Waals surface area contributed by atoms with E-state index in [1.165, 1.54) is 18.3 Å². The Bertz CT molecular complexity index is 278. The molecule has 3 heteroatoms. The smallest absolute Gasteiger partial charge is 0.308 e. The molecule has 0 fully saturated rings. The van der Waals surface area contributed by atoms with E-state index in [0.717, 1.165) is 29.9 Å². The number of ether oxygens (including phenoxy) is 1. The van der Waals surface area contributed by atoms with Crippen molar-refractivity contribution in [3.63, 3.8) is 0 Å². The van der Waals surface area contributed by atoms with Crippen LogP contribution in [-0.2, 0) is 11.2 Å². The van der Waals surface area contributed by atoms with Gasteiger partial charge >= 0.3 is 5.97 Å². The summed E-state index contributed by atoms with van der Waals surface area (Å²) in [5, 5.41) is 2.73. The van der Waals surface area contributed by atoms with Crippen LogP contribution in [0.25, 0.3) is 0 Å². The van der Waals surface area contributed by atoms with E-state index < -0.39 is 0 Å². The quantitative estimate of drug-likeness (QED) is 0.695. The van der Waals surface area contributed by atoms with Gasteiger partial charge in [-0.15, -0.1) is 11.3 Å². The summed E-state index contributed by atoms with van der Waals surface area (Å²) in [5.74, 6) is -0.236. The molecule has 1 rings (SSSR count). The van der Waals surface area contributed by atoms with Crippen LogP contribution < -0.4 is 4.74 Å². The highest BCUT2D eigenvalue weighted by atomic mass is 32.1. The Morgan fingerprint density at radius 1 is 1.62 bits per heavy atom. The Morgan fingerprint density at radius 3 is 3.00 bits per heavy atom. The molecule has 0 N–H and O–H groups in total. The van der Waals surface area contributed by atoms with Gasteiger partial charge in [-0.3, -0.25) is 4.79 Å². The number of hydrogen-bond acceptors (Lipinski definition) is 3. The zero-order chi connectivity index (χ0) is 9.68. The molecule has 0 spiro atoms. The Labute approximate surface area is 82.5 Å². The molecule has 0 saturated heterocycles. The highest BCUT2D eigenvalue weighted by Gasteiger charge is 2.06. The van der Waals surface area contributed by atoms with Crippen LogP contribution in [0.2, 0.25) is 0 Å². The summed E-state index contributed by atoms with van der Waals surface area (Å²) >= 11 is 1.49. The Morgan fingerprint density at radius 2 is 2.38 bits per heavy atom. The normalized spacial score (nSPS) is 10.0. The van der Waals surface area contributed by atoms with Gasteiger partial charge in [0.05, 0.1) is 0 Å². The number of carbonyl (C=O) groups is 1. The van der Waals surface area contributed by atoms with E-state index in [2.05, 4.69) is 6.92 Å². The lowest BCUT2D eigenvalue weighted by molar-refractivity contribution is -0.131. The van der Waals surface area contributed by atoms with Crippen molar-refractivity contribution in [3.05, 3.63) is 17.0 Å². The average molecular weight is 198 g/mol. The fourth-order valence-corrected chi connectivity index (χ4v) is 1.94. The van der Waals surface area contributed by atoms with Gasteiger partial charge in [0.25, 0.3) is 0 Å². The van der Waals surface area contributed by atoms with Gasteiger partial charge in [-0.2, -0.15) is 0 Å². The van der Waals surface area contributed by atoms with Crippen LogP contribution >= 0.6 is 11.3 Å². The molecule has 1 aromatic heterocycles. The van der Waals surface area contributed by atoms with E-state index in [4.69, 9.17) is 4.74 Å². The first-order valence-corrected chi connectivity index (χ1v) is 5.36. The van der Waals surface area contributed by atoms with Crippen molar-refractivity contribution in [1.29, 1.82) is 0 Å². The number of unbranched alkanes of at least 4 members (excludes halogenated alkanes) is 1. The first-order chi connectivity index (χ1) is 6.24. The SMILES string of the molecule is CCCCc1ccsc1OC(C)=O. The minimum Gasteiger partial charge on any atom is -0.415 e. The molecular weight excluding hydrogens is 184 g/mol. The Kier molecular flexibility index (Phi) is 3.96. The van der Waals surface area contributed by atoms with E-state index in [9.17, 15) is 4.79 Å². The van der Waals surface area contributed by atoms with Crippen LogP contribution in [0.4, 0.5) is 0 Å². The van der Waals surface area contributed by atoms with Crippen molar-refractivity contribution in [2.45, 2.75) is 33.1 Å². The van der Waals surface area contributed by atoms with Gasteiger partial charge in [-0.25, -0.2) is 0 Å². The number of aryl methyl sites for hydroxylation is 1. The van der Waals surface area contributed by atoms with Crippen molar-refractivity contribution in [2.75, 3.05) is 0 Å². The molecule has 1 aromatic rings. The van der Waals surface area contributed by atoms with Crippen LogP contribution in [-0.4, -0.2) is 5.97 Å². The maximum atomic E-state index is 10.7. The number of hydrogen-bond donors (Lipinski definition) is 0. The van der Waals surface area contributed by atoms with Gasteiger partial charge in [0.15, 0.2) is 5.06 Å². The maximum Gasteiger partial charge on any atom is 0.308 e. The highest BCUT2D eigenvalue weighted by molar-refractivity contribution is 7.12. The molecule has 0 aliphatic rings. The number of thiophene rings is 1. The van der Waals surface area contributed by atoms with Crippen molar-refractivity contribution in [2.24, 2.45) is 0 Å². The molecule has 13 heavy (non-hydrogen) atoms. The third kappa shape index (κ3) is 3.19. The van der Waals surface area contributed by atoms with E-state index in [1.54, 1.807) is 0 Å². The van der Waals surface area contributed by atoms with E-state index in [0.29, 0.717) is 0 Å². The molecule has 0 radical (unpaired) electrons. The van der Waals surface area contributed by atoms with Gasteiger partial charge < -0.3 is 4.74 Å². The molecule has 1 heterocycles. The Hall–Kier alpha value is -0.830. The summed E-state index contributed by atoms with van der Waals surface area (Å²) in [5.41, 5.74) is 1.15. The number of carbonyl (C=O) groups excluding carboxylic acids is 1. The van der Waals surface area contributed by atoms with Crippen LogP contribution in [0.3, 0.4) is 0 Å². The van der Waals surface area contributed by atoms with Gasteiger partial charge in [-0.1, -0.05) is 13.3 Å². The van der Waals surface area contributed by atoms with Crippen LogP contribution in [0, 0.1) is 0 Å². The van der Waals surface area contributed by atoms with Crippen LogP contribution in [0.15, 0.2) is 11.4 Å². The highest BCUT2D eigenvalue weighted by Crippen LogP contribution is 2.27. The molecule has 0 amide bonds. The van der Waals surface area contributed by atoms with E-state index in [1.807, 2.05) is 11.4 Å².